The second-order valence-electron chi connectivity index (χ2n) is 4.88. The van der Waals surface area contributed by atoms with Crippen molar-refractivity contribution in [3.05, 3.63) is 68.7 Å². The fourth-order valence-electron chi connectivity index (χ4n) is 2.00. The largest absolute Gasteiger partial charge is 0.493 e. The van der Waals surface area contributed by atoms with Gasteiger partial charge in [-0.15, -0.1) is 0 Å². The monoisotopic (exact) mass is 363 g/mol. The van der Waals surface area contributed by atoms with Gasteiger partial charge in [0.2, 0.25) is 0 Å². The lowest BCUT2D eigenvalue weighted by atomic mass is 10.1. The third-order valence-corrected chi connectivity index (χ3v) is 3.43. The van der Waals surface area contributed by atoms with Crippen molar-refractivity contribution in [2.45, 2.75) is 6.92 Å². The Hall–Kier alpha value is -2.93. The van der Waals surface area contributed by atoms with Crippen LogP contribution in [0.15, 0.2) is 42.5 Å². The minimum Gasteiger partial charge on any atom is -0.493 e. The zero-order valence-corrected chi connectivity index (χ0v) is 14.0. The number of nitrogens with zero attached hydrogens (tertiary/aromatic N) is 1. The minimum absolute atomic E-state index is 0.117. The summed E-state index contributed by atoms with van der Waals surface area (Å²) in [6, 6.07) is 9.54. The third kappa shape index (κ3) is 4.77. The van der Waals surface area contributed by atoms with Crippen LogP contribution in [0, 0.1) is 10.1 Å². The fraction of sp³-hybridized carbons (Fsp3) is 0.176. The van der Waals surface area contributed by atoms with Crippen LogP contribution in [-0.4, -0.2) is 29.9 Å². The van der Waals surface area contributed by atoms with Gasteiger partial charge >= 0.3 is 5.97 Å². The molecule has 7 nitrogen and oxygen atoms in total. The highest BCUT2D eigenvalue weighted by Crippen LogP contribution is 2.24. The maximum Gasteiger partial charge on any atom is 0.342 e. The van der Waals surface area contributed by atoms with E-state index in [0.29, 0.717) is 17.4 Å². The van der Waals surface area contributed by atoms with Gasteiger partial charge in [0.25, 0.3) is 5.69 Å². The predicted molar refractivity (Wildman–Crippen MR) is 90.3 cm³/mol. The molecule has 0 atom stereocenters. The van der Waals surface area contributed by atoms with Gasteiger partial charge in [-0.3, -0.25) is 14.9 Å². The number of esters is 1. The number of Topliss-reactive ketones (excluding diaryl/α,β-unsaturated/α-hetero) is 1. The Morgan fingerprint density at radius 3 is 2.44 bits per heavy atom. The summed E-state index contributed by atoms with van der Waals surface area (Å²) in [5.41, 5.74) is 0.189. The van der Waals surface area contributed by atoms with E-state index in [2.05, 4.69) is 0 Å². The molecule has 0 fully saturated rings. The molecule has 0 unspecified atom stereocenters. The number of ether oxygens (including phenoxy) is 2. The van der Waals surface area contributed by atoms with Crippen LogP contribution >= 0.6 is 11.6 Å². The summed E-state index contributed by atoms with van der Waals surface area (Å²) in [7, 11) is 0. The molecule has 0 aliphatic rings. The Labute approximate surface area is 148 Å². The predicted octanol–water partition coefficient (Wildman–Crippen LogP) is 3.69. The van der Waals surface area contributed by atoms with E-state index in [-0.39, 0.29) is 16.8 Å². The molecule has 0 spiro atoms. The Balaban J connectivity index is 2.05. The minimum atomic E-state index is -0.749. The van der Waals surface area contributed by atoms with Gasteiger partial charge in [-0.25, -0.2) is 4.79 Å². The highest BCUT2D eigenvalue weighted by Gasteiger charge is 2.17. The quantitative estimate of drug-likeness (QED) is 0.322. The molecule has 130 valence electrons. The first-order valence-electron chi connectivity index (χ1n) is 7.29. The number of hydrogen-bond donors (Lipinski definition) is 0. The Bertz CT molecular complexity index is 803. The van der Waals surface area contributed by atoms with Crippen molar-refractivity contribution >= 4 is 29.0 Å². The van der Waals surface area contributed by atoms with Crippen LogP contribution in [0.5, 0.6) is 5.75 Å². The van der Waals surface area contributed by atoms with Crippen molar-refractivity contribution in [3.8, 4) is 5.75 Å². The van der Waals surface area contributed by atoms with Gasteiger partial charge in [-0.1, -0.05) is 11.6 Å². The molecule has 0 saturated carbocycles. The van der Waals surface area contributed by atoms with E-state index in [1.54, 1.807) is 19.1 Å². The topological polar surface area (TPSA) is 95.7 Å². The molecule has 0 saturated heterocycles. The molecule has 0 aliphatic heterocycles. The molecule has 0 aliphatic carbocycles. The zero-order valence-electron chi connectivity index (χ0n) is 13.2. The number of nitro benzene ring substituents is 1. The number of carbonyl (C=O) groups excluding carboxylic acids is 2. The zero-order chi connectivity index (χ0) is 18.4. The van der Waals surface area contributed by atoms with E-state index in [4.69, 9.17) is 21.1 Å². The summed E-state index contributed by atoms with van der Waals surface area (Å²) in [6.45, 7) is 1.61. The van der Waals surface area contributed by atoms with Crippen LogP contribution < -0.4 is 4.74 Å². The number of rotatable bonds is 7. The van der Waals surface area contributed by atoms with Crippen LogP contribution in [0.3, 0.4) is 0 Å². The standard InChI is InChI=1S/C17H14ClNO6/c1-2-24-16-8-5-12(18)9-14(16)17(21)25-10-15(20)11-3-6-13(7-4-11)19(22)23/h3-9H,2,10H2,1H3. The number of ketones is 1. The van der Waals surface area contributed by atoms with Gasteiger partial charge < -0.3 is 9.47 Å². The second kappa shape index (κ2) is 8.25. The lowest BCUT2D eigenvalue weighted by Gasteiger charge is -2.10. The van der Waals surface area contributed by atoms with Gasteiger partial charge in [0.05, 0.1) is 11.5 Å². The normalized spacial score (nSPS) is 10.2. The number of nitro groups is 1. The Morgan fingerprint density at radius 1 is 1.16 bits per heavy atom. The summed E-state index contributed by atoms with van der Waals surface area (Å²) in [5.74, 6) is -0.927. The second-order valence-corrected chi connectivity index (χ2v) is 5.31. The number of benzene rings is 2. The number of non-ortho nitro benzene ring substituents is 1. The Morgan fingerprint density at radius 2 is 1.84 bits per heavy atom. The SMILES string of the molecule is CCOc1ccc(Cl)cc1C(=O)OCC(=O)c1ccc([N+](=O)[O-])cc1. The summed E-state index contributed by atoms with van der Waals surface area (Å²) >= 11 is 5.87. The summed E-state index contributed by atoms with van der Waals surface area (Å²) in [5, 5.41) is 10.9. The molecule has 0 heterocycles. The van der Waals surface area contributed by atoms with Crippen LogP contribution in [0.1, 0.15) is 27.6 Å². The van der Waals surface area contributed by atoms with Gasteiger partial charge in [-0.2, -0.15) is 0 Å². The molecule has 25 heavy (non-hydrogen) atoms. The Kier molecular flexibility index (Phi) is 6.08. The molecule has 0 N–H and O–H groups in total. The van der Waals surface area contributed by atoms with Gasteiger partial charge in [0, 0.05) is 22.7 Å². The lowest BCUT2D eigenvalue weighted by molar-refractivity contribution is -0.384. The van der Waals surface area contributed by atoms with Crippen molar-refractivity contribution in [2.24, 2.45) is 0 Å². The van der Waals surface area contributed by atoms with E-state index in [1.165, 1.54) is 30.3 Å². The summed E-state index contributed by atoms with van der Waals surface area (Å²) in [6.07, 6.45) is 0. The van der Waals surface area contributed by atoms with Crippen molar-refractivity contribution < 1.29 is 24.0 Å². The maximum atomic E-state index is 12.2. The van der Waals surface area contributed by atoms with Crippen molar-refractivity contribution in [2.75, 3.05) is 13.2 Å². The van der Waals surface area contributed by atoms with Crippen molar-refractivity contribution in [1.82, 2.24) is 0 Å². The average Bonchev–Trinajstić information content (AvgIpc) is 2.61. The molecule has 0 amide bonds. The number of carbonyl (C=O) groups is 2. The van der Waals surface area contributed by atoms with E-state index < -0.39 is 23.3 Å². The van der Waals surface area contributed by atoms with Crippen LogP contribution in [-0.2, 0) is 4.74 Å². The molecule has 0 aromatic heterocycles. The molecule has 8 heteroatoms. The van der Waals surface area contributed by atoms with Crippen molar-refractivity contribution in [3.63, 3.8) is 0 Å². The maximum absolute atomic E-state index is 12.2. The first kappa shape index (κ1) is 18.4. The average molecular weight is 364 g/mol. The number of hydrogen-bond acceptors (Lipinski definition) is 6. The van der Waals surface area contributed by atoms with Crippen LogP contribution in [0.2, 0.25) is 5.02 Å². The number of halogens is 1. The smallest absolute Gasteiger partial charge is 0.342 e. The molecule has 0 radical (unpaired) electrons. The van der Waals surface area contributed by atoms with Gasteiger partial charge in [0.15, 0.2) is 12.4 Å². The van der Waals surface area contributed by atoms with Gasteiger partial charge in [-0.05, 0) is 37.3 Å². The van der Waals surface area contributed by atoms with Crippen LogP contribution in [0.4, 0.5) is 5.69 Å². The molecule has 2 aromatic carbocycles. The third-order valence-electron chi connectivity index (χ3n) is 3.20. The van der Waals surface area contributed by atoms with Crippen LogP contribution in [0.25, 0.3) is 0 Å². The van der Waals surface area contributed by atoms with E-state index in [9.17, 15) is 19.7 Å². The van der Waals surface area contributed by atoms with E-state index >= 15 is 0 Å². The molecule has 0 bridgehead atoms. The summed E-state index contributed by atoms with van der Waals surface area (Å²) in [4.78, 5) is 34.2. The summed E-state index contributed by atoms with van der Waals surface area (Å²) < 4.78 is 10.3. The molecular weight excluding hydrogens is 350 g/mol. The first-order chi connectivity index (χ1) is 11.9. The first-order valence-corrected chi connectivity index (χ1v) is 7.67. The van der Waals surface area contributed by atoms with E-state index in [1.807, 2.05) is 0 Å². The lowest BCUT2D eigenvalue weighted by Crippen LogP contribution is -2.15. The fourth-order valence-corrected chi connectivity index (χ4v) is 2.18. The highest BCUT2D eigenvalue weighted by atomic mass is 35.5. The highest BCUT2D eigenvalue weighted by molar-refractivity contribution is 6.31. The van der Waals surface area contributed by atoms with E-state index in [0.717, 1.165) is 0 Å². The molecular formula is C17H14ClNO6. The van der Waals surface area contributed by atoms with Gasteiger partial charge in [0.1, 0.15) is 11.3 Å². The molecule has 2 aromatic rings. The van der Waals surface area contributed by atoms with Crippen molar-refractivity contribution in [1.29, 1.82) is 0 Å². The molecule has 2 rings (SSSR count).